The molecule has 0 spiro atoms. The highest BCUT2D eigenvalue weighted by Crippen LogP contribution is 2.27. The summed E-state index contributed by atoms with van der Waals surface area (Å²) in [4.78, 5) is 13.1. The second-order valence-corrected chi connectivity index (χ2v) is 4.41. The summed E-state index contributed by atoms with van der Waals surface area (Å²) in [6, 6.07) is 7.61. The SMILES string of the molecule is CC(O)C1CCN(c2ccccc2C=O)C1. The maximum Gasteiger partial charge on any atom is 0.152 e. The molecule has 1 aromatic rings. The van der Waals surface area contributed by atoms with Crippen molar-refractivity contribution in [1.29, 1.82) is 0 Å². The van der Waals surface area contributed by atoms with Crippen LogP contribution in [0.1, 0.15) is 23.7 Å². The van der Waals surface area contributed by atoms with Crippen molar-refractivity contribution in [2.45, 2.75) is 19.4 Å². The van der Waals surface area contributed by atoms with Crippen LogP contribution in [0.5, 0.6) is 0 Å². The second-order valence-electron chi connectivity index (χ2n) is 4.41. The van der Waals surface area contributed by atoms with Crippen LogP contribution in [0.25, 0.3) is 0 Å². The van der Waals surface area contributed by atoms with Crippen molar-refractivity contribution in [3.05, 3.63) is 29.8 Å². The number of carbonyl (C=O) groups excluding carboxylic acids is 1. The summed E-state index contributed by atoms with van der Waals surface area (Å²) >= 11 is 0. The maximum absolute atomic E-state index is 10.9. The van der Waals surface area contributed by atoms with Crippen molar-refractivity contribution >= 4 is 12.0 Å². The van der Waals surface area contributed by atoms with E-state index in [0.717, 1.165) is 37.0 Å². The molecule has 1 N–H and O–H groups in total. The molecule has 0 saturated carbocycles. The van der Waals surface area contributed by atoms with E-state index in [0.29, 0.717) is 5.92 Å². The van der Waals surface area contributed by atoms with Crippen molar-refractivity contribution in [3.63, 3.8) is 0 Å². The van der Waals surface area contributed by atoms with Gasteiger partial charge in [0.25, 0.3) is 0 Å². The lowest BCUT2D eigenvalue weighted by Crippen LogP contribution is -2.24. The number of benzene rings is 1. The highest BCUT2D eigenvalue weighted by molar-refractivity contribution is 5.84. The molecule has 0 amide bonds. The number of hydrogen-bond donors (Lipinski definition) is 1. The van der Waals surface area contributed by atoms with E-state index >= 15 is 0 Å². The molecular weight excluding hydrogens is 202 g/mol. The molecule has 3 heteroatoms. The number of nitrogens with zero attached hydrogens (tertiary/aromatic N) is 1. The van der Waals surface area contributed by atoms with Gasteiger partial charge in [0.2, 0.25) is 0 Å². The molecule has 1 aromatic carbocycles. The lowest BCUT2D eigenvalue weighted by Gasteiger charge is -2.21. The number of rotatable bonds is 3. The van der Waals surface area contributed by atoms with Gasteiger partial charge in [0, 0.05) is 30.3 Å². The van der Waals surface area contributed by atoms with Gasteiger partial charge in [-0.1, -0.05) is 12.1 Å². The Bertz CT molecular complexity index is 376. The molecule has 86 valence electrons. The van der Waals surface area contributed by atoms with E-state index in [1.165, 1.54) is 0 Å². The van der Waals surface area contributed by atoms with Gasteiger partial charge in [-0.15, -0.1) is 0 Å². The van der Waals surface area contributed by atoms with Crippen LogP contribution >= 0.6 is 0 Å². The summed E-state index contributed by atoms with van der Waals surface area (Å²) in [6.45, 7) is 3.59. The Hall–Kier alpha value is -1.35. The summed E-state index contributed by atoms with van der Waals surface area (Å²) in [5.74, 6) is 0.319. The van der Waals surface area contributed by atoms with Gasteiger partial charge in [-0.25, -0.2) is 0 Å². The number of anilines is 1. The second kappa shape index (κ2) is 4.66. The highest BCUT2D eigenvalue weighted by atomic mass is 16.3. The highest BCUT2D eigenvalue weighted by Gasteiger charge is 2.26. The Morgan fingerprint density at radius 2 is 2.25 bits per heavy atom. The van der Waals surface area contributed by atoms with Crippen molar-refractivity contribution in [3.8, 4) is 0 Å². The van der Waals surface area contributed by atoms with Crippen LogP contribution in [0.15, 0.2) is 24.3 Å². The van der Waals surface area contributed by atoms with Gasteiger partial charge in [0.1, 0.15) is 0 Å². The Morgan fingerprint density at radius 3 is 2.88 bits per heavy atom. The van der Waals surface area contributed by atoms with Crippen LogP contribution in [0.4, 0.5) is 5.69 Å². The van der Waals surface area contributed by atoms with Gasteiger partial charge < -0.3 is 10.0 Å². The molecule has 16 heavy (non-hydrogen) atoms. The minimum Gasteiger partial charge on any atom is -0.393 e. The maximum atomic E-state index is 10.9. The van der Waals surface area contributed by atoms with Crippen molar-refractivity contribution in [1.82, 2.24) is 0 Å². The zero-order chi connectivity index (χ0) is 11.5. The van der Waals surface area contributed by atoms with Gasteiger partial charge in [-0.05, 0) is 25.5 Å². The summed E-state index contributed by atoms with van der Waals surface area (Å²) in [5, 5.41) is 9.55. The fraction of sp³-hybridized carbons (Fsp3) is 0.462. The monoisotopic (exact) mass is 219 g/mol. The largest absolute Gasteiger partial charge is 0.393 e. The average Bonchev–Trinajstić information content (AvgIpc) is 2.78. The fourth-order valence-electron chi connectivity index (χ4n) is 2.28. The Morgan fingerprint density at radius 1 is 1.50 bits per heavy atom. The van der Waals surface area contributed by atoms with Crippen molar-refractivity contribution < 1.29 is 9.90 Å². The van der Waals surface area contributed by atoms with Gasteiger partial charge in [0.15, 0.2) is 6.29 Å². The van der Waals surface area contributed by atoms with Crippen LogP contribution in [-0.4, -0.2) is 30.6 Å². The Balaban J connectivity index is 2.17. The summed E-state index contributed by atoms with van der Waals surface area (Å²) in [6.07, 6.45) is 1.61. The van der Waals surface area contributed by atoms with Crippen molar-refractivity contribution in [2.24, 2.45) is 5.92 Å². The summed E-state index contributed by atoms with van der Waals surface area (Å²) < 4.78 is 0. The van der Waals surface area contributed by atoms with Crippen LogP contribution in [0, 0.1) is 5.92 Å². The van der Waals surface area contributed by atoms with Crippen LogP contribution in [-0.2, 0) is 0 Å². The molecule has 3 nitrogen and oxygen atoms in total. The zero-order valence-electron chi connectivity index (χ0n) is 9.47. The van der Waals surface area contributed by atoms with E-state index in [-0.39, 0.29) is 6.10 Å². The van der Waals surface area contributed by atoms with E-state index in [4.69, 9.17) is 0 Å². The molecule has 2 unspecified atom stereocenters. The first kappa shape index (κ1) is 11.1. The quantitative estimate of drug-likeness (QED) is 0.787. The molecule has 1 heterocycles. The first-order chi connectivity index (χ1) is 7.72. The third-order valence-corrected chi connectivity index (χ3v) is 3.31. The molecule has 0 radical (unpaired) electrons. The molecule has 0 aliphatic carbocycles. The molecule has 2 atom stereocenters. The number of aliphatic hydroxyl groups is 1. The molecule has 1 aliphatic rings. The Labute approximate surface area is 95.7 Å². The lowest BCUT2D eigenvalue weighted by molar-refractivity contribution is 0.112. The minimum atomic E-state index is -0.270. The first-order valence-corrected chi connectivity index (χ1v) is 5.69. The number of carbonyl (C=O) groups is 1. The predicted molar refractivity (Wildman–Crippen MR) is 63.8 cm³/mol. The third kappa shape index (κ3) is 2.09. The number of hydrogen-bond acceptors (Lipinski definition) is 3. The molecule has 1 fully saturated rings. The number of aldehydes is 1. The Kier molecular flexibility index (Phi) is 3.25. The predicted octanol–water partition coefficient (Wildman–Crippen LogP) is 1.71. The fourth-order valence-corrected chi connectivity index (χ4v) is 2.28. The smallest absolute Gasteiger partial charge is 0.152 e. The first-order valence-electron chi connectivity index (χ1n) is 5.69. The molecule has 0 bridgehead atoms. The normalized spacial score (nSPS) is 22.1. The zero-order valence-corrected chi connectivity index (χ0v) is 9.47. The van der Waals surface area contributed by atoms with Crippen LogP contribution < -0.4 is 4.90 Å². The summed E-state index contributed by atoms with van der Waals surface area (Å²) in [5.41, 5.74) is 1.72. The van der Waals surface area contributed by atoms with E-state index in [9.17, 15) is 9.90 Å². The molecule has 1 aliphatic heterocycles. The van der Waals surface area contributed by atoms with E-state index in [1.807, 2.05) is 31.2 Å². The average molecular weight is 219 g/mol. The molecule has 0 aromatic heterocycles. The van der Waals surface area contributed by atoms with Gasteiger partial charge in [0.05, 0.1) is 6.10 Å². The lowest BCUT2D eigenvalue weighted by atomic mass is 10.0. The van der Waals surface area contributed by atoms with Gasteiger partial charge in [-0.3, -0.25) is 4.79 Å². The molecule has 1 saturated heterocycles. The van der Waals surface area contributed by atoms with E-state index in [1.54, 1.807) is 0 Å². The van der Waals surface area contributed by atoms with E-state index in [2.05, 4.69) is 4.90 Å². The number of para-hydroxylation sites is 1. The van der Waals surface area contributed by atoms with Crippen molar-refractivity contribution in [2.75, 3.05) is 18.0 Å². The van der Waals surface area contributed by atoms with Crippen LogP contribution in [0.2, 0.25) is 0 Å². The molecular formula is C13H17NO2. The minimum absolute atomic E-state index is 0.270. The topological polar surface area (TPSA) is 40.5 Å². The molecule has 2 rings (SSSR count). The van der Waals surface area contributed by atoms with Gasteiger partial charge >= 0.3 is 0 Å². The summed E-state index contributed by atoms with van der Waals surface area (Å²) in [7, 11) is 0. The van der Waals surface area contributed by atoms with Crippen LogP contribution in [0.3, 0.4) is 0 Å². The van der Waals surface area contributed by atoms with E-state index < -0.39 is 0 Å². The van der Waals surface area contributed by atoms with Gasteiger partial charge in [-0.2, -0.15) is 0 Å². The third-order valence-electron chi connectivity index (χ3n) is 3.31. The number of aliphatic hydroxyl groups excluding tert-OH is 1. The standard InChI is InChI=1S/C13H17NO2/c1-10(16)11-6-7-14(8-11)13-5-3-2-4-12(13)9-15/h2-5,9-11,16H,6-8H2,1H3.